The minimum atomic E-state index is 1.34. The smallest absolute Gasteiger partial charge is 0.0123 e. The molecular weight excluding hydrogens is 276 g/mol. The van der Waals surface area contributed by atoms with E-state index in [2.05, 4.69) is 89.2 Å². The van der Waals surface area contributed by atoms with Crippen molar-refractivity contribution >= 4 is 0 Å². The minimum absolute atomic E-state index is 1.34. The van der Waals surface area contributed by atoms with Crippen LogP contribution in [0.3, 0.4) is 0 Å². The van der Waals surface area contributed by atoms with E-state index in [1.54, 1.807) is 0 Å². The summed E-state index contributed by atoms with van der Waals surface area (Å²) in [5.41, 5.74) is 12.2. The fourth-order valence-corrected chi connectivity index (χ4v) is 3.66. The van der Waals surface area contributed by atoms with Crippen molar-refractivity contribution in [3.8, 4) is 22.3 Å². The summed E-state index contributed by atoms with van der Waals surface area (Å²) in [5, 5.41) is 0. The third-order valence-corrected chi connectivity index (χ3v) is 4.83. The van der Waals surface area contributed by atoms with Crippen LogP contribution in [-0.4, -0.2) is 0 Å². The molecule has 0 amide bonds. The molecule has 0 saturated heterocycles. The molecule has 0 aliphatic heterocycles. The zero-order valence-electron chi connectivity index (χ0n) is 14.7. The second-order valence-corrected chi connectivity index (χ2v) is 6.51. The molecule has 0 aliphatic carbocycles. The van der Waals surface area contributed by atoms with Crippen molar-refractivity contribution in [3.63, 3.8) is 0 Å². The van der Waals surface area contributed by atoms with Crippen LogP contribution < -0.4 is 0 Å². The first-order valence-electron chi connectivity index (χ1n) is 8.23. The van der Waals surface area contributed by atoms with E-state index in [-0.39, 0.29) is 0 Å². The zero-order valence-corrected chi connectivity index (χ0v) is 14.7. The highest BCUT2D eigenvalue weighted by atomic mass is 14.2. The maximum absolute atomic E-state index is 2.25. The molecule has 0 fully saturated rings. The second-order valence-electron chi connectivity index (χ2n) is 6.51. The Morgan fingerprint density at radius 2 is 0.739 bits per heavy atom. The Kier molecular flexibility index (Phi) is 4.09. The van der Waals surface area contributed by atoms with Crippen LogP contribution >= 0.6 is 0 Å². The number of rotatable bonds is 2. The molecule has 0 spiro atoms. The van der Waals surface area contributed by atoms with Crippen LogP contribution in [0.5, 0.6) is 0 Å². The van der Waals surface area contributed by atoms with Gasteiger partial charge in [0.05, 0.1) is 0 Å². The molecule has 3 aromatic rings. The van der Waals surface area contributed by atoms with E-state index < -0.39 is 0 Å². The van der Waals surface area contributed by atoms with Crippen molar-refractivity contribution in [2.24, 2.45) is 0 Å². The zero-order chi connectivity index (χ0) is 16.6. The number of benzene rings is 3. The summed E-state index contributed by atoms with van der Waals surface area (Å²) in [6.07, 6.45) is 0. The maximum Gasteiger partial charge on any atom is -0.0123 e. The van der Waals surface area contributed by atoms with Gasteiger partial charge in [-0.1, -0.05) is 54.6 Å². The molecule has 3 aromatic carbocycles. The van der Waals surface area contributed by atoms with E-state index in [9.17, 15) is 0 Å². The highest BCUT2D eigenvalue weighted by Gasteiger charge is 2.14. The Balaban J connectivity index is 2.29. The van der Waals surface area contributed by atoms with Crippen molar-refractivity contribution in [1.82, 2.24) is 0 Å². The summed E-state index contributed by atoms with van der Waals surface area (Å²) >= 11 is 0. The first kappa shape index (κ1) is 15.6. The van der Waals surface area contributed by atoms with Gasteiger partial charge in [0.2, 0.25) is 0 Å². The Labute approximate surface area is 139 Å². The third kappa shape index (κ3) is 2.70. The molecule has 23 heavy (non-hydrogen) atoms. The van der Waals surface area contributed by atoms with Gasteiger partial charge in [0, 0.05) is 0 Å². The molecule has 0 atom stereocenters. The monoisotopic (exact) mass is 300 g/mol. The molecule has 0 nitrogen and oxygen atoms in total. The van der Waals surface area contributed by atoms with Crippen molar-refractivity contribution in [1.29, 1.82) is 0 Å². The molecule has 0 aromatic heterocycles. The molecule has 0 unspecified atom stereocenters. The van der Waals surface area contributed by atoms with Crippen LogP contribution in [0.2, 0.25) is 0 Å². The summed E-state index contributed by atoms with van der Waals surface area (Å²) in [7, 11) is 0. The van der Waals surface area contributed by atoms with Gasteiger partial charge in [-0.15, -0.1) is 0 Å². The second kappa shape index (κ2) is 6.04. The number of hydrogen-bond acceptors (Lipinski definition) is 0. The van der Waals surface area contributed by atoms with Crippen LogP contribution in [0.1, 0.15) is 27.8 Å². The Morgan fingerprint density at radius 3 is 1.09 bits per heavy atom. The van der Waals surface area contributed by atoms with Gasteiger partial charge in [0.25, 0.3) is 0 Å². The highest BCUT2D eigenvalue weighted by Crippen LogP contribution is 2.37. The van der Waals surface area contributed by atoms with E-state index in [4.69, 9.17) is 0 Å². The van der Waals surface area contributed by atoms with E-state index in [1.165, 1.54) is 50.1 Å². The van der Waals surface area contributed by atoms with Crippen LogP contribution in [0.15, 0.2) is 54.6 Å². The number of hydrogen-bond donors (Lipinski definition) is 0. The van der Waals surface area contributed by atoms with E-state index in [0.717, 1.165) is 0 Å². The quantitative estimate of drug-likeness (QED) is 0.502. The van der Waals surface area contributed by atoms with Crippen molar-refractivity contribution in [3.05, 3.63) is 82.4 Å². The molecule has 0 bridgehead atoms. The molecule has 0 heterocycles. The van der Waals surface area contributed by atoms with Gasteiger partial charge in [-0.25, -0.2) is 0 Å². The summed E-state index contributed by atoms with van der Waals surface area (Å²) in [6.45, 7) is 11.1. The minimum Gasteiger partial charge on any atom is -0.0617 e. The Bertz CT molecular complexity index is 759. The third-order valence-electron chi connectivity index (χ3n) is 4.83. The fraction of sp³-hybridized carbons (Fsp3) is 0.217. The van der Waals surface area contributed by atoms with Gasteiger partial charge in [-0.05, 0) is 84.7 Å². The van der Waals surface area contributed by atoms with Gasteiger partial charge in [0.15, 0.2) is 0 Å². The van der Waals surface area contributed by atoms with Crippen LogP contribution in [-0.2, 0) is 0 Å². The average molecular weight is 300 g/mol. The van der Waals surface area contributed by atoms with E-state index >= 15 is 0 Å². The SMILES string of the molecule is Cc1cccc(C)c1-c1cccc(-c2c(C)cccc2C)c1C. The normalized spacial score (nSPS) is 10.8. The lowest BCUT2D eigenvalue weighted by Crippen LogP contribution is -1.95. The fourth-order valence-electron chi connectivity index (χ4n) is 3.66. The molecule has 0 radical (unpaired) electrons. The maximum atomic E-state index is 2.25. The Morgan fingerprint density at radius 1 is 0.435 bits per heavy atom. The average Bonchev–Trinajstić information content (AvgIpc) is 2.50. The summed E-state index contributed by atoms with van der Waals surface area (Å²) in [6, 6.07) is 19.8. The molecular formula is C23H24. The molecule has 116 valence electrons. The molecule has 0 aliphatic rings. The Hall–Kier alpha value is -2.34. The van der Waals surface area contributed by atoms with Gasteiger partial charge < -0.3 is 0 Å². The molecule has 0 N–H and O–H groups in total. The van der Waals surface area contributed by atoms with Crippen molar-refractivity contribution in [2.45, 2.75) is 34.6 Å². The first-order chi connectivity index (χ1) is 11.0. The van der Waals surface area contributed by atoms with E-state index in [1.807, 2.05) is 0 Å². The highest BCUT2D eigenvalue weighted by molar-refractivity contribution is 5.83. The topological polar surface area (TPSA) is 0 Å². The van der Waals surface area contributed by atoms with Gasteiger partial charge in [0.1, 0.15) is 0 Å². The van der Waals surface area contributed by atoms with Crippen molar-refractivity contribution < 1.29 is 0 Å². The van der Waals surface area contributed by atoms with E-state index in [0.29, 0.717) is 0 Å². The summed E-state index contributed by atoms with van der Waals surface area (Å²) in [4.78, 5) is 0. The number of aryl methyl sites for hydroxylation is 4. The largest absolute Gasteiger partial charge is 0.0617 e. The standard InChI is InChI=1S/C23H24/c1-15-9-6-10-16(2)22(15)20-13-8-14-21(19(20)5)23-17(3)11-7-12-18(23)4/h6-14H,1-5H3. The first-order valence-corrected chi connectivity index (χ1v) is 8.23. The van der Waals surface area contributed by atoms with Crippen LogP contribution in [0.25, 0.3) is 22.3 Å². The summed E-state index contributed by atoms with van der Waals surface area (Å²) in [5.74, 6) is 0. The molecule has 0 heteroatoms. The molecule has 0 saturated carbocycles. The lowest BCUT2D eigenvalue weighted by atomic mass is 9.86. The predicted molar refractivity (Wildman–Crippen MR) is 101 cm³/mol. The summed E-state index contributed by atoms with van der Waals surface area (Å²) < 4.78 is 0. The molecule has 3 rings (SSSR count). The van der Waals surface area contributed by atoms with Crippen LogP contribution in [0.4, 0.5) is 0 Å². The lowest BCUT2D eigenvalue weighted by Gasteiger charge is -2.18. The predicted octanol–water partition coefficient (Wildman–Crippen LogP) is 6.56. The lowest BCUT2D eigenvalue weighted by molar-refractivity contribution is 1.33. The van der Waals surface area contributed by atoms with Crippen LogP contribution in [0, 0.1) is 34.6 Å². The van der Waals surface area contributed by atoms with Gasteiger partial charge in [-0.3, -0.25) is 0 Å². The van der Waals surface area contributed by atoms with Gasteiger partial charge >= 0.3 is 0 Å². The van der Waals surface area contributed by atoms with Crippen molar-refractivity contribution in [2.75, 3.05) is 0 Å². The van der Waals surface area contributed by atoms with Gasteiger partial charge in [-0.2, -0.15) is 0 Å².